The fourth-order valence-corrected chi connectivity index (χ4v) is 4.10. The first-order chi connectivity index (χ1) is 14.0. The third-order valence-corrected chi connectivity index (χ3v) is 5.29. The van der Waals surface area contributed by atoms with Crippen LogP contribution in [0.4, 0.5) is 6.01 Å². The molecule has 1 aromatic carbocycles. The Kier molecular flexibility index (Phi) is 3.97. The molecule has 7 nitrogen and oxygen atoms in total. The minimum Gasteiger partial charge on any atom is -0.412 e. The van der Waals surface area contributed by atoms with Gasteiger partial charge in [-0.25, -0.2) is 5.32 Å². The number of anilines is 1. The number of allylic oxidation sites excluding steroid dienone is 1. The molecule has 0 saturated carbocycles. The van der Waals surface area contributed by atoms with Crippen molar-refractivity contribution in [1.29, 1.82) is 0 Å². The minimum absolute atomic E-state index is 0.198. The molecule has 0 spiro atoms. The Labute approximate surface area is 168 Å². The zero-order chi connectivity index (χ0) is 20.0. The fraction of sp³-hybridized carbons (Fsp3) is 0.273. The highest BCUT2D eigenvalue weighted by Gasteiger charge is 2.45. The van der Waals surface area contributed by atoms with Crippen LogP contribution < -0.4 is 15.6 Å². The number of nitrogens with zero attached hydrogens (tertiary/aromatic N) is 2. The number of aromatic nitrogens is 2. The molecule has 2 aromatic heterocycles. The highest BCUT2D eigenvalue weighted by Crippen LogP contribution is 2.38. The van der Waals surface area contributed by atoms with Gasteiger partial charge in [0.1, 0.15) is 23.3 Å². The van der Waals surface area contributed by atoms with Gasteiger partial charge in [0.2, 0.25) is 0 Å². The van der Waals surface area contributed by atoms with Gasteiger partial charge in [-0.2, -0.15) is 10.3 Å². The number of benzene rings is 1. The molecule has 0 unspecified atom stereocenters. The summed E-state index contributed by atoms with van der Waals surface area (Å²) in [5.41, 5.74) is 2.97. The maximum atomic E-state index is 13.0. The average molecular weight is 388 g/mol. The summed E-state index contributed by atoms with van der Waals surface area (Å²) in [7, 11) is 0. The molecule has 0 amide bonds. The molecule has 0 bridgehead atoms. The standard InChI is InChI=1S/C22H21N5O2/c1-22(2)11-15-18(16(28)12-22)19(14-8-5-6-10-23-14)26-20(24-15)27-21-25-13-7-3-4-9-17(13)29-21/h3-11,18-19H,12H2,1-2H3,(H2,24,25,26,27)/p+1/t18-,19+/m1/s1. The number of carbonyl (C=O) groups is 1. The maximum Gasteiger partial charge on any atom is 0.365 e. The van der Waals surface area contributed by atoms with Gasteiger partial charge in [0.05, 0.1) is 11.4 Å². The number of hydrogen-bond acceptors (Lipinski definition) is 6. The Balaban J connectivity index is 1.55. The highest BCUT2D eigenvalue weighted by atomic mass is 16.4. The summed E-state index contributed by atoms with van der Waals surface area (Å²) in [4.78, 5) is 25.4. The molecule has 1 aliphatic carbocycles. The number of nitrogens with one attached hydrogen (secondary N) is 3. The van der Waals surface area contributed by atoms with E-state index in [1.165, 1.54) is 0 Å². The van der Waals surface area contributed by atoms with E-state index in [0.29, 0.717) is 24.0 Å². The van der Waals surface area contributed by atoms with Gasteiger partial charge < -0.3 is 4.42 Å². The van der Waals surface area contributed by atoms with Gasteiger partial charge >= 0.3 is 12.0 Å². The molecule has 3 aromatic rings. The number of Topliss-reactive ketones (excluding diaryl/α,β-unsaturated/α-hetero) is 1. The van der Waals surface area contributed by atoms with Crippen LogP contribution in [0.5, 0.6) is 0 Å². The number of rotatable bonds is 2. The second-order valence-corrected chi connectivity index (χ2v) is 8.20. The van der Waals surface area contributed by atoms with Crippen LogP contribution in [0.3, 0.4) is 0 Å². The van der Waals surface area contributed by atoms with Gasteiger partial charge in [-0.3, -0.25) is 14.8 Å². The molecular weight excluding hydrogens is 366 g/mol. The van der Waals surface area contributed by atoms with E-state index in [1.54, 1.807) is 6.20 Å². The quantitative estimate of drug-likeness (QED) is 0.621. The van der Waals surface area contributed by atoms with Crippen molar-refractivity contribution < 1.29 is 14.2 Å². The first-order valence-electron chi connectivity index (χ1n) is 9.68. The van der Waals surface area contributed by atoms with E-state index >= 15 is 0 Å². The predicted octanol–water partition coefficient (Wildman–Crippen LogP) is 1.91. The Bertz CT molecular complexity index is 1110. The molecule has 29 heavy (non-hydrogen) atoms. The normalized spacial score (nSPS) is 23.0. The highest BCUT2D eigenvalue weighted by molar-refractivity contribution is 5.94. The average Bonchev–Trinajstić information content (AvgIpc) is 3.09. The third kappa shape index (κ3) is 3.29. The monoisotopic (exact) mass is 388 g/mol. The number of carbonyl (C=O) groups excluding carboxylic acids is 1. The van der Waals surface area contributed by atoms with Crippen LogP contribution in [0.25, 0.3) is 11.1 Å². The summed E-state index contributed by atoms with van der Waals surface area (Å²) in [6.45, 7) is 4.14. The molecular formula is C22H22N5O2+. The largest absolute Gasteiger partial charge is 0.412 e. The molecule has 0 fully saturated rings. The van der Waals surface area contributed by atoms with Gasteiger partial charge in [-0.05, 0) is 35.8 Å². The van der Waals surface area contributed by atoms with Crippen LogP contribution in [0, 0.1) is 11.3 Å². The fourth-order valence-electron chi connectivity index (χ4n) is 4.10. The van der Waals surface area contributed by atoms with Crippen molar-refractivity contribution in [2.45, 2.75) is 26.3 Å². The van der Waals surface area contributed by atoms with Crippen molar-refractivity contribution >= 4 is 28.9 Å². The number of pyridine rings is 1. The molecule has 1 aliphatic heterocycles. The van der Waals surface area contributed by atoms with Crippen LogP contribution in [0.2, 0.25) is 0 Å². The molecule has 146 valence electrons. The molecule has 0 saturated heterocycles. The summed E-state index contributed by atoms with van der Waals surface area (Å²) in [6, 6.07) is 13.4. The van der Waals surface area contributed by atoms with E-state index in [-0.39, 0.29) is 23.2 Å². The van der Waals surface area contributed by atoms with E-state index in [2.05, 4.69) is 45.5 Å². The lowest BCUT2D eigenvalue weighted by atomic mass is 9.73. The van der Waals surface area contributed by atoms with E-state index in [4.69, 9.17) is 4.42 Å². The number of para-hydroxylation sites is 2. The number of fused-ring (bicyclic) bond motifs is 2. The second kappa shape index (κ2) is 6.55. The van der Waals surface area contributed by atoms with Crippen molar-refractivity contribution in [2.75, 3.05) is 5.32 Å². The molecule has 3 heterocycles. The smallest absolute Gasteiger partial charge is 0.365 e. The van der Waals surface area contributed by atoms with Crippen LogP contribution in [0.1, 0.15) is 32.0 Å². The van der Waals surface area contributed by atoms with Gasteiger partial charge in [0, 0.05) is 12.6 Å². The van der Waals surface area contributed by atoms with Crippen molar-refractivity contribution in [1.82, 2.24) is 15.3 Å². The Morgan fingerprint density at radius 1 is 1.21 bits per heavy atom. The summed E-state index contributed by atoms with van der Waals surface area (Å²) < 4.78 is 5.78. The van der Waals surface area contributed by atoms with E-state index in [0.717, 1.165) is 16.9 Å². The summed E-state index contributed by atoms with van der Waals surface area (Å²) >= 11 is 0. The number of oxazole rings is 1. The van der Waals surface area contributed by atoms with Crippen LogP contribution in [-0.4, -0.2) is 21.7 Å². The summed E-state index contributed by atoms with van der Waals surface area (Å²) in [5.74, 6) is 0.497. The van der Waals surface area contributed by atoms with Crippen LogP contribution in [0.15, 0.2) is 64.9 Å². The summed E-state index contributed by atoms with van der Waals surface area (Å²) in [5, 5.41) is 6.52. The minimum atomic E-state index is -0.313. The van der Waals surface area contributed by atoms with Crippen molar-refractivity contribution in [3.8, 4) is 0 Å². The Morgan fingerprint density at radius 2 is 2.03 bits per heavy atom. The lowest BCUT2D eigenvalue weighted by Gasteiger charge is -2.35. The molecule has 0 radical (unpaired) electrons. The van der Waals surface area contributed by atoms with Gasteiger partial charge in [0.25, 0.3) is 0 Å². The predicted molar refractivity (Wildman–Crippen MR) is 109 cm³/mol. The van der Waals surface area contributed by atoms with Crippen LogP contribution >= 0.6 is 0 Å². The molecule has 2 atom stereocenters. The Morgan fingerprint density at radius 3 is 2.83 bits per heavy atom. The topological polar surface area (TPSA) is 94.0 Å². The van der Waals surface area contributed by atoms with Crippen molar-refractivity contribution in [3.63, 3.8) is 0 Å². The van der Waals surface area contributed by atoms with Gasteiger partial charge in [-0.15, -0.1) is 0 Å². The van der Waals surface area contributed by atoms with Gasteiger partial charge in [0.15, 0.2) is 5.58 Å². The molecule has 3 N–H and O–H groups in total. The first kappa shape index (κ1) is 17.6. The van der Waals surface area contributed by atoms with E-state index in [9.17, 15) is 4.79 Å². The third-order valence-electron chi connectivity index (χ3n) is 5.29. The Hall–Kier alpha value is -3.48. The number of ketones is 1. The second-order valence-electron chi connectivity index (χ2n) is 8.20. The van der Waals surface area contributed by atoms with Crippen molar-refractivity contribution in [2.24, 2.45) is 11.3 Å². The van der Waals surface area contributed by atoms with E-state index in [1.807, 2.05) is 42.5 Å². The lowest BCUT2D eigenvalue weighted by molar-refractivity contribution is -0.523. The van der Waals surface area contributed by atoms with Crippen LogP contribution in [-0.2, 0) is 4.79 Å². The number of hydrogen-bond donors (Lipinski definition) is 3. The van der Waals surface area contributed by atoms with Gasteiger partial charge in [-0.1, -0.05) is 32.0 Å². The van der Waals surface area contributed by atoms with E-state index < -0.39 is 0 Å². The zero-order valence-corrected chi connectivity index (χ0v) is 16.3. The summed E-state index contributed by atoms with van der Waals surface area (Å²) in [6.07, 6.45) is 4.39. The zero-order valence-electron chi connectivity index (χ0n) is 16.3. The molecule has 5 rings (SSSR count). The number of guanidine groups is 1. The molecule has 7 heteroatoms. The lowest BCUT2D eigenvalue weighted by Crippen LogP contribution is -2.84. The van der Waals surface area contributed by atoms with Crippen molar-refractivity contribution in [3.05, 3.63) is 66.1 Å². The first-order valence-corrected chi connectivity index (χ1v) is 9.68. The SMILES string of the molecule is CC1(C)C=C2NC(Nc3nc4ccccc4o3)=[NH+][C@@H](c3ccccn3)[C@H]2C(=O)C1. The maximum absolute atomic E-state index is 13.0. The molecule has 2 aliphatic rings.